The average molecular weight is 260 g/mol. The lowest BCUT2D eigenvalue weighted by Crippen LogP contribution is -2.37. The lowest BCUT2D eigenvalue weighted by atomic mass is 10.2. The molecule has 0 amide bonds. The number of para-hydroxylation sites is 1. The fraction of sp³-hybridized carbons (Fsp3) is 0.357. The first-order chi connectivity index (χ1) is 9.20. The number of hydrogen-bond donors (Lipinski definition) is 1. The van der Waals surface area contributed by atoms with Crippen molar-refractivity contribution in [1.82, 2.24) is 4.57 Å². The van der Waals surface area contributed by atoms with E-state index in [0.717, 1.165) is 29.7 Å². The summed E-state index contributed by atoms with van der Waals surface area (Å²) < 4.78 is 7.10. The Morgan fingerprint density at radius 2 is 1.95 bits per heavy atom. The molecule has 0 atom stereocenters. The molecule has 1 aliphatic rings. The van der Waals surface area contributed by atoms with Crippen molar-refractivity contribution in [3.8, 4) is 0 Å². The van der Waals surface area contributed by atoms with E-state index in [4.69, 9.17) is 4.74 Å². The molecule has 1 aromatic heterocycles. The first kappa shape index (κ1) is 12.0. The highest BCUT2D eigenvalue weighted by Gasteiger charge is 2.25. The van der Waals surface area contributed by atoms with Gasteiger partial charge in [0.25, 0.3) is 0 Å². The number of anilines is 1. The smallest absolute Gasteiger partial charge is 0.354 e. The number of rotatable bonds is 2. The van der Waals surface area contributed by atoms with Gasteiger partial charge in [0.2, 0.25) is 0 Å². The summed E-state index contributed by atoms with van der Waals surface area (Å²) in [4.78, 5) is 13.7. The van der Waals surface area contributed by atoms with Gasteiger partial charge in [-0.3, -0.25) is 0 Å². The van der Waals surface area contributed by atoms with Crippen molar-refractivity contribution in [2.24, 2.45) is 7.05 Å². The largest absolute Gasteiger partial charge is 0.477 e. The minimum absolute atomic E-state index is 0.350. The topological polar surface area (TPSA) is 54.7 Å². The van der Waals surface area contributed by atoms with Crippen LogP contribution < -0.4 is 4.90 Å². The number of aromatic nitrogens is 1. The van der Waals surface area contributed by atoms with Crippen molar-refractivity contribution < 1.29 is 14.6 Å². The van der Waals surface area contributed by atoms with Gasteiger partial charge in [-0.25, -0.2) is 4.79 Å². The van der Waals surface area contributed by atoms with Gasteiger partial charge in [0.05, 0.1) is 24.4 Å². The SMILES string of the molecule is Cn1c(C(=O)O)c(N2CCOCC2)c2ccccc21. The number of aryl methyl sites for hydroxylation is 1. The predicted octanol–water partition coefficient (Wildman–Crippen LogP) is 1.71. The number of carboxylic acid groups (broad SMARTS) is 1. The molecule has 19 heavy (non-hydrogen) atoms. The minimum Gasteiger partial charge on any atom is -0.477 e. The molecule has 1 N–H and O–H groups in total. The van der Waals surface area contributed by atoms with E-state index < -0.39 is 5.97 Å². The first-order valence-electron chi connectivity index (χ1n) is 6.33. The van der Waals surface area contributed by atoms with Crippen LogP contribution in [0.1, 0.15) is 10.5 Å². The monoisotopic (exact) mass is 260 g/mol. The molecule has 0 unspecified atom stereocenters. The van der Waals surface area contributed by atoms with E-state index in [2.05, 4.69) is 4.90 Å². The Kier molecular flexibility index (Phi) is 2.91. The third kappa shape index (κ3) is 1.86. The zero-order valence-corrected chi connectivity index (χ0v) is 10.8. The van der Waals surface area contributed by atoms with Gasteiger partial charge in [-0.1, -0.05) is 18.2 Å². The summed E-state index contributed by atoms with van der Waals surface area (Å²) in [5, 5.41) is 10.5. The van der Waals surface area contributed by atoms with Crippen LogP contribution in [0, 0.1) is 0 Å². The molecule has 5 nitrogen and oxygen atoms in total. The number of benzene rings is 1. The zero-order chi connectivity index (χ0) is 13.4. The van der Waals surface area contributed by atoms with Gasteiger partial charge in [0, 0.05) is 25.5 Å². The number of ether oxygens (including phenoxy) is 1. The molecule has 0 aliphatic carbocycles. The van der Waals surface area contributed by atoms with E-state index in [1.165, 1.54) is 0 Å². The highest BCUT2D eigenvalue weighted by Crippen LogP contribution is 2.33. The van der Waals surface area contributed by atoms with E-state index in [-0.39, 0.29) is 0 Å². The lowest BCUT2D eigenvalue weighted by molar-refractivity contribution is 0.0686. The average Bonchev–Trinajstić information content (AvgIpc) is 2.74. The van der Waals surface area contributed by atoms with Gasteiger partial charge in [0.15, 0.2) is 5.69 Å². The maximum Gasteiger partial charge on any atom is 0.354 e. The molecular formula is C14H16N2O3. The molecular weight excluding hydrogens is 244 g/mol. The molecule has 0 spiro atoms. The first-order valence-corrected chi connectivity index (χ1v) is 6.33. The number of hydrogen-bond acceptors (Lipinski definition) is 3. The van der Waals surface area contributed by atoms with Gasteiger partial charge >= 0.3 is 5.97 Å². The molecule has 1 fully saturated rings. The Morgan fingerprint density at radius 3 is 2.63 bits per heavy atom. The standard InChI is InChI=1S/C14H16N2O3/c1-15-11-5-3-2-4-10(11)12(13(15)14(17)18)16-6-8-19-9-7-16/h2-5H,6-9H2,1H3,(H,17,18). The molecule has 1 aromatic carbocycles. The van der Waals surface area contributed by atoms with Crippen LogP contribution in [0.3, 0.4) is 0 Å². The van der Waals surface area contributed by atoms with Crippen LogP contribution in [-0.4, -0.2) is 41.9 Å². The van der Waals surface area contributed by atoms with Crippen molar-refractivity contribution in [2.45, 2.75) is 0 Å². The summed E-state index contributed by atoms with van der Waals surface area (Å²) in [5.74, 6) is -0.889. The molecule has 0 radical (unpaired) electrons. The second kappa shape index (κ2) is 4.59. The van der Waals surface area contributed by atoms with Crippen molar-refractivity contribution in [1.29, 1.82) is 0 Å². The summed E-state index contributed by atoms with van der Waals surface area (Å²) in [7, 11) is 1.80. The summed E-state index contributed by atoms with van der Waals surface area (Å²) in [5.41, 5.74) is 2.11. The Labute approximate surface area is 111 Å². The maximum atomic E-state index is 11.6. The number of carbonyl (C=O) groups is 1. The molecule has 1 aliphatic heterocycles. The van der Waals surface area contributed by atoms with Crippen LogP contribution in [0.25, 0.3) is 10.9 Å². The molecule has 1 saturated heterocycles. The maximum absolute atomic E-state index is 11.6. The van der Waals surface area contributed by atoms with Crippen molar-refractivity contribution in [3.05, 3.63) is 30.0 Å². The predicted molar refractivity (Wildman–Crippen MR) is 72.9 cm³/mol. The lowest BCUT2D eigenvalue weighted by Gasteiger charge is -2.29. The summed E-state index contributed by atoms with van der Waals surface area (Å²) in [6.07, 6.45) is 0. The fourth-order valence-corrected chi connectivity index (χ4v) is 2.73. The molecule has 2 heterocycles. The minimum atomic E-state index is -0.889. The number of fused-ring (bicyclic) bond motifs is 1. The van der Waals surface area contributed by atoms with Crippen LogP contribution >= 0.6 is 0 Å². The Morgan fingerprint density at radius 1 is 1.26 bits per heavy atom. The van der Waals surface area contributed by atoms with E-state index in [0.29, 0.717) is 18.9 Å². The molecule has 3 rings (SSSR count). The number of aromatic carboxylic acids is 1. The van der Waals surface area contributed by atoms with Gasteiger partial charge in [-0.15, -0.1) is 0 Å². The van der Waals surface area contributed by atoms with Gasteiger partial charge < -0.3 is 19.3 Å². The molecule has 100 valence electrons. The molecule has 5 heteroatoms. The van der Waals surface area contributed by atoms with Gasteiger partial charge in [0.1, 0.15) is 0 Å². The third-order valence-electron chi connectivity index (χ3n) is 3.61. The van der Waals surface area contributed by atoms with Crippen molar-refractivity contribution in [3.63, 3.8) is 0 Å². The van der Waals surface area contributed by atoms with E-state index in [1.807, 2.05) is 24.3 Å². The van der Waals surface area contributed by atoms with Crippen LogP contribution in [0.5, 0.6) is 0 Å². The Bertz CT molecular complexity index is 627. The van der Waals surface area contributed by atoms with Gasteiger partial charge in [-0.2, -0.15) is 0 Å². The quantitative estimate of drug-likeness (QED) is 0.893. The molecule has 2 aromatic rings. The van der Waals surface area contributed by atoms with E-state index >= 15 is 0 Å². The van der Waals surface area contributed by atoms with Crippen LogP contribution in [0.15, 0.2) is 24.3 Å². The van der Waals surface area contributed by atoms with Crippen LogP contribution in [0.2, 0.25) is 0 Å². The second-order valence-electron chi connectivity index (χ2n) is 4.68. The molecule has 0 bridgehead atoms. The highest BCUT2D eigenvalue weighted by molar-refractivity contribution is 6.06. The Hall–Kier alpha value is -2.01. The molecule has 0 saturated carbocycles. The Balaban J connectivity index is 2.25. The summed E-state index contributed by atoms with van der Waals surface area (Å²) in [6, 6.07) is 7.80. The highest BCUT2D eigenvalue weighted by atomic mass is 16.5. The van der Waals surface area contributed by atoms with E-state index in [9.17, 15) is 9.90 Å². The van der Waals surface area contributed by atoms with Gasteiger partial charge in [-0.05, 0) is 6.07 Å². The van der Waals surface area contributed by atoms with Crippen molar-refractivity contribution in [2.75, 3.05) is 31.2 Å². The zero-order valence-electron chi connectivity index (χ0n) is 10.8. The van der Waals surface area contributed by atoms with E-state index in [1.54, 1.807) is 11.6 Å². The third-order valence-corrected chi connectivity index (χ3v) is 3.61. The number of carboxylic acids is 1. The van der Waals surface area contributed by atoms with Crippen LogP contribution in [0.4, 0.5) is 5.69 Å². The van der Waals surface area contributed by atoms with Crippen LogP contribution in [-0.2, 0) is 11.8 Å². The number of morpholine rings is 1. The number of nitrogens with zero attached hydrogens (tertiary/aromatic N) is 2. The summed E-state index contributed by atoms with van der Waals surface area (Å²) in [6.45, 7) is 2.74. The second-order valence-corrected chi connectivity index (χ2v) is 4.68. The summed E-state index contributed by atoms with van der Waals surface area (Å²) >= 11 is 0. The normalized spacial score (nSPS) is 15.9. The fourth-order valence-electron chi connectivity index (χ4n) is 2.73. The van der Waals surface area contributed by atoms with Crippen molar-refractivity contribution >= 4 is 22.6 Å².